The van der Waals surface area contributed by atoms with Gasteiger partial charge in [-0.25, -0.2) is 0 Å². The van der Waals surface area contributed by atoms with Crippen molar-refractivity contribution in [2.24, 2.45) is 0 Å². The molecule has 2 heterocycles. The topological polar surface area (TPSA) is 37.2 Å². The highest BCUT2D eigenvalue weighted by atomic mass is 16.3. The van der Waals surface area contributed by atoms with E-state index in [1.165, 1.54) is 23.8 Å². The average molecular weight is 230 g/mol. The Labute approximate surface area is 101 Å². The van der Waals surface area contributed by atoms with Gasteiger partial charge in [-0.15, -0.1) is 0 Å². The zero-order chi connectivity index (χ0) is 11.7. The lowest BCUT2D eigenvalue weighted by molar-refractivity contribution is 0.437. The van der Waals surface area contributed by atoms with Crippen molar-refractivity contribution in [3.8, 4) is 0 Å². The van der Waals surface area contributed by atoms with Crippen LogP contribution in [0.5, 0.6) is 0 Å². The molecule has 1 aromatic heterocycles. The van der Waals surface area contributed by atoms with Crippen molar-refractivity contribution in [3.05, 3.63) is 36.1 Å². The Morgan fingerprint density at radius 3 is 3.06 bits per heavy atom. The maximum absolute atomic E-state index is 5.62. The van der Waals surface area contributed by atoms with Gasteiger partial charge in [-0.1, -0.05) is 18.2 Å². The summed E-state index contributed by atoms with van der Waals surface area (Å²) in [5.41, 5.74) is 2.24. The molecule has 0 amide bonds. The molecule has 2 unspecified atom stereocenters. The van der Waals surface area contributed by atoms with Gasteiger partial charge >= 0.3 is 0 Å². The van der Waals surface area contributed by atoms with E-state index in [0.29, 0.717) is 12.1 Å². The molecule has 0 aliphatic carbocycles. The molecule has 1 saturated heterocycles. The smallest absolute Gasteiger partial charge is 0.134 e. The predicted molar refractivity (Wildman–Crippen MR) is 69.0 cm³/mol. The van der Waals surface area contributed by atoms with Gasteiger partial charge in [0.05, 0.1) is 12.3 Å². The van der Waals surface area contributed by atoms with E-state index in [1.54, 1.807) is 0 Å². The quantitative estimate of drug-likeness (QED) is 0.850. The van der Waals surface area contributed by atoms with Crippen molar-refractivity contribution in [3.63, 3.8) is 0 Å². The third-order valence-corrected chi connectivity index (χ3v) is 3.66. The highest BCUT2D eigenvalue weighted by molar-refractivity contribution is 5.81. The van der Waals surface area contributed by atoms with E-state index in [-0.39, 0.29) is 0 Å². The summed E-state index contributed by atoms with van der Waals surface area (Å²) in [5, 5.41) is 8.20. The summed E-state index contributed by atoms with van der Waals surface area (Å²) in [5.74, 6) is 0. The molecule has 2 N–H and O–H groups in total. The number of likely N-dealkylation sites (N-methyl/N-ethyl adjacent to an activating group) is 1. The minimum atomic E-state index is 0.334. The second-order valence-corrected chi connectivity index (χ2v) is 4.66. The first-order chi connectivity index (χ1) is 8.40. The van der Waals surface area contributed by atoms with Gasteiger partial charge in [0, 0.05) is 17.0 Å². The summed E-state index contributed by atoms with van der Waals surface area (Å²) in [4.78, 5) is 0. The van der Waals surface area contributed by atoms with Crippen LogP contribution in [0.2, 0.25) is 0 Å². The first kappa shape index (κ1) is 10.8. The normalized spacial score (nSPS) is 22.1. The first-order valence-corrected chi connectivity index (χ1v) is 6.27. The van der Waals surface area contributed by atoms with Crippen LogP contribution in [0.1, 0.15) is 24.4 Å². The summed E-state index contributed by atoms with van der Waals surface area (Å²) >= 11 is 0. The molecule has 1 aliphatic rings. The van der Waals surface area contributed by atoms with E-state index in [0.717, 1.165) is 12.1 Å². The fourth-order valence-corrected chi connectivity index (χ4v) is 2.81. The Balaban J connectivity index is 2.00. The second-order valence-electron chi connectivity index (χ2n) is 4.66. The monoisotopic (exact) mass is 230 g/mol. The molecule has 0 bridgehead atoms. The minimum absolute atomic E-state index is 0.334. The summed E-state index contributed by atoms with van der Waals surface area (Å²) in [6, 6.07) is 9.08. The Morgan fingerprint density at radius 2 is 2.29 bits per heavy atom. The van der Waals surface area contributed by atoms with E-state index in [9.17, 15) is 0 Å². The average Bonchev–Trinajstić information content (AvgIpc) is 3.01. The van der Waals surface area contributed by atoms with E-state index in [4.69, 9.17) is 4.42 Å². The van der Waals surface area contributed by atoms with E-state index < -0.39 is 0 Å². The Bertz CT molecular complexity index is 500. The largest absolute Gasteiger partial charge is 0.464 e. The molecule has 1 aromatic carbocycles. The number of fused-ring (bicyclic) bond motifs is 1. The number of para-hydroxylation sites is 1. The van der Waals surface area contributed by atoms with Crippen LogP contribution in [-0.2, 0) is 0 Å². The van der Waals surface area contributed by atoms with Crippen LogP contribution in [-0.4, -0.2) is 19.6 Å². The van der Waals surface area contributed by atoms with Crippen molar-refractivity contribution < 1.29 is 4.42 Å². The van der Waals surface area contributed by atoms with Crippen molar-refractivity contribution in [1.82, 2.24) is 10.6 Å². The second kappa shape index (κ2) is 4.51. The van der Waals surface area contributed by atoms with Gasteiger partial charge in [-0.2, -0.15) is 0 Å². The molecule has 0 saturated carbocycles. The van der Waals surface area contributed by atoms with Crippen molar-refractivity contribution in [1.29, 1.82) is 0 Å². The van der Waals surface area contributed by atoms with E-state index in [2.05, 4.69) is 22.8 Å². The molecule has 17 heavy (non-hydrogen) atoms. The molecule has 1 aliphatic heterocycles. The summed E-state index contributed by atoms with van der Waals surface area (Å²) in [7, 11) is 2.02. The third kappa shape index (κ3) is 1.85. The molecule has 2 atom stereocenters. The molecule has 90 valence electrons. The van der Waals surface area contributed by atoms with Crippen molar-refractivity contribution in [2.45, 2.75) is 24.9 Å². The fourth-order valence-electron chi connectivity index (χ4n) is 2.81. The molecule has 3 heteroatoms. The van der Waals surface area contributed by atoms with Gasteiger partial charge < -0.3 is 15.1 Å². The molecule has 0 radical (unpaired) electrons. The van der Waals surface area contributed by atoms with Crippen LogP contribution in [0.25, 0.3) is 11.0 Å². The third-order valence-electron chi connectivity index (χ3n) is 3.66. The van der Waals surface area contributed by atoms with Crippen LogP contribution in [0.15, 0.2) is 34.9 Å². The van der Waals surface area contributed by atoms with E-state index >= 15 is 0 Å². The molecule has 3 nitrogen and oxygen atoms in total. The van der Waals surface area contributed by atoms with Crippen molar-refractivity contribution >= 4 is 11.0 Å². The van der Waals surface area contributed by atoms with Gasteiger partial charge in [0.25, 0.3) is 0 Å². The number of nitrogens with one attached hydrogen (secondary N) is 2. The van der Waals surface area contributed by atoms with Gasteiger partial charge in [0.1, 0.15) is 5.58 Å². The number of furan rings is 1. The number of hydrogen-bond acceptors (Lipinski definition) is 3. The lowest BCUT2D eigenvalue weighted by Crippen LogP contribution is -2.36. The van der Waals surface area contributed by atoms with Crippen LogP contribution in [0, 0.1) is 0 Å². The van der Waals surface area contributed by atoms with Crippen molar-refractivity contribution in [2.75, 3.05) is 13.6 Å². The predicted octanol–water partition coefficient (Wildman–Crippen LogP) is 2.45. The molecule has 1 fully saturated rings. The molecular formula is C14H18N2O. The van der Waals surface area contributed by atoms with Gasteiger partial charge in [-0.05, 0) is 32.5 Å². The minimum Gasteiger partial charge on any atom is -0.464 e. The maximum Gasteiger partial charge on any atom is 0.134 e. The Kier molecular flexibility index (Phi) is 2.87. The molecular weight excluding hydrogens is 212 g/mol. The van der Waals surface area contributed by atoms with Crippen LogP contribution in [0.4, 0.5) is 0 Å². The lowest BCUT2D eigenvalue weighted by Gasteiger charge is -2.22. The summed E-state index contributed by atoms with van der Waals surface area (Å²) < 4.78 is 5.62. The fraction of sp³-hybridized carbons (Fsp3) is 0.429. The van der Waals surface area contributed by atoms with Gasteiger partial charge in [-0.3, -0.25) is 0 Å². The summed E-state index contributed by atoms with van der Waals surface area (Å²) in [6.45, 7) is 1.12. The SMILES string of the molecule is CNC(c1coc2ccccc12)C1CCCN1. The van der Waals surface area contributed by atoms with Crippen LogP contribution < -0.4 is 10.6 Å². The van der Waals surface area contributed by atoms with Crippen LogP contribution in [0.3, 0.4) is 0 Å². The number of benzene rings is 1. The van der Waals surface area contributed by atoms with Gasteiger partial charge in [0.2, 0.25) is 0 Å². The maximum atomic E-state index is 5.62. The zero-order valence-electron chi connectivity index (χ0n) is 10.1. The molecule has 2 aromatic rings. The zero-order valence-corrected chi connectivity index (χ0v) is 10.1. The van der Waals surface area contributed by atoms with Gasteiger partial charge in [0.15, 0.2) is 0 Å². The molecule has 0 spiro atoms. The summed E-state index contributed by atoms with van der Waals surface area (Å²) in [6.07, 6.45) is 4.38. The first-order valence-electron chi connectivity index (χ1n) is 6.27. The van der Waals surface area contributed by atoms with Crippen LogP contribution >= 0.6 is 0 Å². The Hall–Kier alpha value is -1.32. The highest BCUT2D eigenvalue weighted by Gasteiger charge is 2.26. The number of rotatable bonds is 3. The van der Waals surface area contributed by atoms with E-state index in [1.807, 2.05) is 25.4 Å². The highest BCUT2D eigenvalue weighted by Crippen LogP contribution is 2.30. The molecule has 3 rings (SSSR count). The number of hydrogen-bond donors (Lipinski definition) is 2. The standard InChI is InChI=1S/C14H18N2O/c1-15-14(12-6-4-8-16-12)11-9-17-13-7-3-2-5-10(11)13/h2-3,5,7,9,12,14-16H,4,6,8H2,1H3. The lowest BCUT2D eigenvalue weighted by atomic mass is 9.98. The Morgan fingerprint density at radius 1 is 1.41 bits per heavy atom.